The second kappa shape index (κ2) is 14.7. The van der Waals surface area contributed by atoms with Crippen LogP contribution in [0.3, 0.4) is 0 Å². The minimum absolute atomic E-state index is 0.111. The minimum Gasteiger partial charge on any atom is -0.497 e. The van der Waals surface area contributed by atoms with Gasteiger partial charge in [-0.15, -0.1) is 0 Å². The second-order valence-corrected chi connectivity index (χ2v) is 12.5. The molecule has 0 aliphatic carbocycles. The number of anilines is 1. The second-order valence-electron chi connectivity index (χ2n) is 11.7. The number of nitrogens with one attached hydrogen (secondary N) is 1. The Morgan fingerprint density at radius 1 is 0.918 bits per heavy atom. The standard InChI is InChI=1S/C34H34Cl2F3N7O3/c1-47-22-7-4-20(5-8-22)16-45-11-10-24(26(18-45)34(37,38)39)31-43-30-32(41-13-21-6-9-23(48-2)12-29(21)49-3)42-19-46(33(30)44-31)17-25-27(35)14-40-15-28(25)36/h4-9,12,14-15,19,24,26,41H,10-11,13,16-18H2,1-3H3. The molecular formula is C34H34Cl2F3N7O3. The van der Waals surface area contributed by atoms with Crippen molar-refractivity contribution in [2.24, 2.45) is 5.92 Å². The Morgan fingerprint density at radius 3 is 2.31 bits per heavy atom. The maximum Gasteiger partial charge on any atom is 0.393 e. The van der Waals surface area contributed by atoms with Gasteiger partial charge in [0.25, 0.3) is 0 Å². The summed E-state index contributed by atoms with van der Waals surface area (Å²) >= 11 is 12.9. The van der Waals surface area contributed by atoms with Gasteiger partial charge in [0.2, 0.25) is 0 Å². The van der Waals surface area contributed by atoms with Crippen molar-refractivity contribution in [1.82, 2.24) is 29.4 Å². The molecule has 0 saturated carbocycles. The van der Waals surface area contributed by atoms with Crippen LogP contribution in [-0.2, 0) is 19.6 Å². The maximum absolute atomic E-state index is 14.7. The van der Waals surface area contributed by atoms with Crippen LogP contribution in [-0.4, -0.2) is 70.0 Å². The summed E-state index contributed by atoms with van der Waals surface area (Å²) in [6.07, 6.45) is 0.232. The Kier molecular flexibility index (Phi) is 10.3. The van der Waals surface area contributed by atoms with E-state index in [1.165, 1.54) is 12.4 Å². The number of fused-ring (bicyclic) bond motifs is 1. The summed E-state index contributed by atoms with van der Waals surface area (Å²) in [6, 6.07) is 12.8. The number of halogens is 5. The lowest BCUT2D eigenvalue weighted by Gasteiger charge is -2.38. The van der Waals surface area contributed by atoms with Crippen LogP contribution >= 0.6 is 23.2 Å². The van der Waals surface area contributed by atoms with Gasteiger partial charge in [-0.3, -0.25) is 9.88 Å². The van der Waals surface area contributed by atoms with Gasteiger partial charge in [-0.2, -0.15) is 13.2 Å². The highest BCUT2D eigenvalue weighted by molar-refractivity contribution is 6.35. The zero-order chi connectivity index (χ0) is 34.7. The molecule has 10 nitrogen and oxygen atoms in total. The zero-order valence-electron chi connectivity index (χ0n) is 27.0. The van der Waals surface area contributed by atoms with Crippen molar-refractivity contribution in [3.05, 3.63) is 93.7 Å². The molecule has 49 heavy (non-hydrogen) atoms. The molecule has 3 aliphatic rings. The summed E-state index contributed by atoms with van der Waals surface area (Å²) in [4.78, 5) is 19.9. The number of piperidine rings is 1. The Hall–Kier alpha value is -4.33. The van der Waals surface area contributed by atoms with Crippen molar-refractivity contribution in [3.8, 4) is 28.8 Å². The Balaban J connectivity index is 1.33. The van der Waals surface area contributed by atoms with Gasteiger partial charge in [0.05, 0.1) is 50.2 Å². The molecule has 3 aromatic rings. The number of nitrogens with zero attached hydrogens (tertiary/aromatic N) is 6. The average Bonchev–Trinajstić information content (AvgIpc) is 3.55. The number of rotatable bonds is 11. The first-order chi connectivity index (χ1) is 23.6. The molecule has 1 fully saturated rings. The number of pyridine rings is 1. The van der Waals surface area contributed by atoms with Gasteiger partial charge in [0.15, 0.2) is 17.3 Å². The third-order valence-corrected chi connectivity index (χ3v) is 9.37. The molecule has 0 bridgehead atoms. The highest BCUT2D eigenvalue weighted by atomic mass is 35.5. The first-order valence-corrected chi connectivity index (χ1v) is 16.2. The van der Waals surface area contributed by atoms with Crippen LogP contribution in [0.25, 0.3) is 11.5 Å². The van der Waals surface area contributed by atoms with E-state index in [1.54, 1.807) is 50.4 Å². The van der Waals surface area contributed by atoms with Crippen LogP contribution in [0.4, 0.5) is 19.0 Å². The van der Waals surface area contributed by atoms with Gasteiger partial charge in [-0.1, -0.05) is 35.3 Å². The van der Waals surface area contributed by atoms with Gasteiger partial charge in [-0.25, -0.2) is 15.0 Å². The summed E-state index contributed by atoms with van der Waals surface area (Å²) in [6.45, 7) is 1.08. The third-order valence-electron chi connectivity index (χ3n) is 8.72. The molecule has 0 spiro atoms. The summed E-state index contributed by atoms with van der Waals surface area (Å²) in [5.41, 5.74) is 2.61. The quantitative estimate of drug-likeness (QED) is 0.151. The number of hydrogen-bond acceptors (Lipinski definition) is 9. The monoisotopic (exact) mass is 715 g/mol. The van der Waals surface area contributed by atoms with Crippen molar-refractivity contribution in [1.29, 1.82) is 0 Å². The molecule has 3 aliphatic heterocycles. The van der Waals surface area contributed by atoms with Crippen molar-refractivity contribution >= 4 is 29.0 Å². The number of imidazole rings is 1. The molecular weight excluding hydrogens is 682 g/mol. The number of aromatic nitrogens is 5. The van der Waals surface area contributed by atoms with E-state index in [0.29, 0.717) is 69.8 Å². The molecule has 0 radical (unpaired) electrons. The normalized spacial score (nSPS) is 16.9. The number of likely N-dealkylation sites (tertiary alicyclic amines) is 1. The van der Waals surface area contributed by atoms with Crippen LogP contribution in [0.5, 0.6) is 17.2 Å². The van der Waals surface area contributed by atoms with Crippen LogP contribution in [0.15, 0.2) is 61.2 Å². The number of benzene rings is 2. The topological polar surface area (TPSA) is 99.5 Å². The summed E-state index contributed by atoms with van der Waals surface area (Å²) < 4.78 is 61.9. The number of hydrogen-bond donors (Lipinski definition) is 1. The van der Waals surface area contributed by atoms with E-state index in [4.69, 9.17) is 47.4 Å². The van der Waals surface area contributed by atoms with E-state index in [1.807, 2.05) is 29.2 Å². The summed E-state index contributed by atoms with van der Waals surface area (Å²) in [7, 11) is 4.70. The fourth-order valence-electron chi connectivity index (χ4n) is 6.09. The van der Waals surface area contributed by atoms with Crippen LogP contribution in [0.1, 0.15) is 34.9 Å². The van der Waals surface area contributed by atoms with Gasteiger partial charge >= 0.3 is 6.18 Å². The Bertz CT molecular complexity index is 1850. The average molecular weight is 717 g/mol. The fourth-order valence-corrected chi connectivity index (χ4v) is 6.58. The van der Waals surface area contributed by atoms with E-state index in [0.717, 1.165) is 11.1 Å². The summed E-state index contributed by atoms with van der Waals surface area (Å²) in [5, 5.41) is 3.95. The predicted molar refractivity (Wildman–Crippen MR) is 180 cm³/mol. The fraction of sp³-hybridized carbons (Fsp3) is 0.353. The lowest BCUT2D eigenvalue weighted by molar-refractivity contribution is -0.193. The van der Waals surface area contributed by atoms with Gasteiger partial charge in [-0.05, 0) is 42.8 Å². The van der Waals surface area contributed by atoms with E-state index in [-0.39, 0.29) is 25.3 Å². The van der Waals surface area contributed by atoms with Crippen LogP contribution < -0.4 is 19.5 Å². The summed E-state index contributed by atoms with van der Waals surface area (Å²) in [5.74, 6) is 0.0942. The molecule has 2 unspecified atom stereocenters. The van der Waals surface area contributed by atoms with Crippen molar-refractivity contribution in [2.75, 3.05) is 39.7 Å². The van der Waals surface area contributed by atoms with E-state index in [2.05, 4.69) is 15.3 Å². The molecule has 0 amide bonds. The predicted octanol–water partition coefficient (Wildman–Crippen LogP) is 7.33. The smallest absolute Gasteiger partial charge is 0.393 e. The number of ether oxygens (including phenoxy) is 3. The number of alkyl halides is 3. The molecule has 15 heteroatoms. The van der Waals surface area contributed by atoms with E-state index >= 15 is 0 Å². The van der Waals surface area contributed by atoms with Crippen molar-refractivity contribution in [2.45, 2.75) is 38.1 Å². The molecule has 4 heterocycles. The van der Waals surface area contributed by atoms with E-state index < -0.39 is 18.0 Å². The van der Waals surface area contributed by atoms with Gasteiger partial charge in [0.1, 0.15) is 23.1 Å². The Labute approximate surface area is 291 Å². The number of methoxy groups -OCH3 is 3. The van der Waals surface area contributed by atoms with Gasteiger partial charge < -0.3 is 24.1 Å². The molecule has 2 aromatic carbocycles. The molecule has 258 valence electrons. The first-order valence-electron chi connectivity index (χ1n) is 15.4. The molecule has 1 aromatic heterocycles. The lowest BCUT2D eigenvalue weighted by atomic mass is 9.84. The molecule has 6 rings (SSSR count). The van der Waals surface area contributed by atoms with Crippen LogP contribution in [0, 0.1) is 5.92 Å². The minimum atomic E-state index is -4.48. The molecule has 1 saturated heterocycles. The van der Waals surface area contributed by atoms with Gasteiger partial charge in [0, 0.05) is 55.1 Å². The third kappa shape index (κ3) is 7.63. The first kappa shape index (κ1) is 34.5. The maximum atomic E-state index is 14.7. The largest absolute Gasteiger partial charge is 0.497 e. The molecule has 1 N–H and O–H groups in total. The Morgan fingerprint density at radius 2 is 1.63 bits per heavy atom. The van der Waals surface area contributed by atoms with Crippen molar-refractivity contribution < 1.29 is 27.4 Å². The van der Waals surface area contributed by atoms with E-state index in [9.17, 15) is 13.2 Å². The highest BCUT2D eigenvalue weighted by Gasteiger charge is 2.49. The van der Waals surface area contributed by atoms with Crippen molar-refractivity contribution in [3.63, 3.8) is 0 Å². The lowest BCUT2D eigenvalue weighted by Crippen LogP contribution is -2.45. The molecule has 2 atom stereocenters. The SMILES string of the molecule is COc1ccc(CN2CCC(c3nc4c(NCc5ccc(OC)cc5OC)ncn(Cc5c(Cl)cncc5Cl)c-4n3)C(C(F)(F)F)C2)cc1. The zero-order valence-corrected chi connectivity index (χ0v) is 28.5. The highest BCUT2D eigenvalue weighted by Crippen LogP contribution is 2.44. The van der Waals surface area contributed by atoms with Crippen LogP contribution in [0.2, 0.25) is 10.0 Å².